The highest BCUT2D eigenvalue weighted by Crippen LogP contribution is 2.07. The fourth-order valence-electron chi connectivity index (χ4n) is 2.00. The van der Waals surface area contributed by atoms with Gasteiger partial charge >= 0.3 is 5.97 Å². The lowest BCUT2D eigenvalue weighted by Gasteiger charge is -2.09. The second-order valence-corrected chi connectivity index (χ2v) is 4.52. The van der Waals surface area contributed by atoms with Gasteiger partial charge in [0.2, 0.25) is 0 Å². The van der Waals surface area contributed by atoms with E-state index in [0.717, 1.165) is 19.5 Å². The van der Waals surface area contributed by atoms with Gasteiger partial charge in [-0.1, -0.05) is 12.2 Å². The first-order chi connectivity index (χ1) is 9.24. The van der Waals surface area contributed by atoms with E-state index in [-0.39, 0.29) is 5.57 Å². The molecule has 1 aliphatic heterocycles. The van der Waals surface area contributed by atoms with E-state index in [4.69, 9.17) is 5.11 Å². The standard InChI is InChI=1S/C14H23N3O2/c1-15-10-6-12(14(18)19)4-2-8-16-11-7-13-5-3-9-17-13/h2,4,6,10,13,16-17H,3,5,7-9,11H2,1H3,(H,18,19)/b4-2+,12-6+,15-10?. The van der Waals surface area contributed by atoms with Crippen LogP contribution in [-0.4, -0.2) is 50.0 Å². The number of hydrogen-bond donors (Lipinski definition) is 3. The summed E-state index contributed by atoms with van der Waals surface area (Å²) in [6.45, 7) is 2.77. The number of rotatable bonds is 8. The summed E-state index contributed by atoms with van der Waals surface area (Å²) in [5.74, 6) is -0.939. The molecule has 0 spiro atoms. The van der Waals surface area contributed by atoms with Crippen molar-refractivity contribution >= 4 is 12.2 Å². The molecule has 1 atom stereocenters. The number of hydrogen-bond acceptors (Lipinski definition) is 4. The molecule has 1 unspecified atom stereocenters. The third-order valence-electron chi connectivity index (χ3n) is 3.04. The van der Waals surface area contributed by atoms with Crippen LogP contribution < -0.4 is 10.6 Å². The lowest BCUT2D eigenvalue weighted by atomic mass is 10.1. The van der Waals surface area contributed by atoms with Gasteiger partial charge in [-0.3, -0.25) is 4.99 Å². The predicted molar refractivity (Wildman–Crippen MR) is 77.8 cm³/mol. The number of carbonyl (C=O) groups is 1. The zero-order valence-corrected chi connectivity index (χ0v) is 11.4. The molecule has 0 radical (unpaired) electrons. The number of carboxylic acid groups (broad SMARTS) is 1. The van der Waals surface area contributed by atoms with Crippen LogP contribution in [0.2, 0.25) is 0 Å². The molecule has 5 heteroatoms. The number of allylic oxidation sites excluding steroid dienone is 1. The van der Waals surface area contributed by atoms with E-state index >= 15 is 0 Å². The third kappa shape index (κ3) is 6.88. The number of aliphatic carboxylic acids is 1. The maximum Gasteiger partial charge on any atom is 0.335 e. The minimum atomic E-state index is -0.939. The van der Waals surface area contributed by atoms with Gasteiger partial charge in [0.25, 0.3) is 0 Å². The van der Waals surface area contributed by atoms with E-state index in [0.29, 0.717) is 12.6 Å². The Hall–Kier alpha value is -1.46. The number of aliphatic imine (C=N–C) groups is 1. The Morgan fingerprint density at radius 3 is 3.05 bits per heavy atom. The summed E-state index contributed by atoms with van der Waals surface area (Å²) in [5, 5.41) is 15.7. The van der Waals surface area contributed by atoms with E-state index in [1.165, 1.54) is 25.1 Å². The summed E-state index contributed by atoms with van der Waals surface area (Å²) in [7, 11) is 1.61. The van der Waals surface area contributed by atoms with Crippen LogP contribution in [0.25, 0.3) is 0 Å². The summed E-state index contributed by atoms with van der Waals surface area (Å²) in [6, 6.07) is 0.645. The quantitative estimate of drug-likeness (QED) is 0.265. The second-order valence-electron chi connectivity index (χ2n) is 4.52. The van der Waals surface area contributed by atoms with Crippen molar-refractivity contribution in [3.8, 4) is 0 Å². The van der Waals surface area contributed by atoms with E-state index in [2.05, 4.69) is 15.6 Å². The molecule has 106 valence electrons. The predicted octanol–water partition coefficient (Wildman–Crippen LogP) is 0.986. The molecular weight excluding hydrogens is 242 g/mol. The lowest BCUT2D eigenvalue weighted by molar-refractivity contribution is -0.132. The highest BCUT2D eigenvalue weighted by Gasteiger charge is 2.12. The Bertz CT molecular complexity index is 356. The van der Waals surface area contributed by atoms with Gasteiger partial charge in [-0.15, -0.1) is 0 Å². The van der Waals surface area contributed by atoms with Gasteiger partial charge in [-0.2, -0.15) is 0 Å². The van der Waals surface area contributed by atoms with Crippen molar-refractivity contribution in [3.05, 3.63) is 23.8 Å². The first kappa shape index (κ1) is 15.6. The van der Waals surface area contributed by atoms with Crippen LogP contribution in [0.15, 0.2) is 28.8 Å². The topological polar surface area (TPSA) is 73.7 Å². The minimum Gasteiger partial charge on any atom is -0.478 e. The van der Waals surface area contributed by atoms with Crippen molar-refractivity contribution in [3.63, 3.8) is 0 Å². The van der Waals surface area contributed by atoms with Crippen molar-refractivity contribution in [1.82, 2.24) is 10.6 Å². The zero-order valence-electron chi connectivity index (χ0n) is 11.4. The fourth-order valence-corrected chi connectivity index (χ4v) is 2.00. The number of nitrogens with zero attached hydrogens (tertiary/aromatic N) is 1. The average molecular weight is 265 g/mol. The molecule has 5 nitrogen and oxygen atoms in total. The van der Waals surface area contributed by atoms with Crippen molar-refractivity contribution < 1.29 is 9.90 Å². The summed E-state index contributed by atoms with van der Waals surface area (Å²) in [5.41, 5.74) is 0.241. The van der Waals surface area contributed by atoms with Gasteiger partial charge in [0.05, 0.1) is 5.57 Å². The van der Waals surface area contributed by atoms with Crippen LogP contribution in [0, 0.1) is 0 Å². The van der Waals surface area contributed by atoms with Crippen LogP contribution >= 0.6 is 0 Å². The Balaban J connectivity index is 2.18. The van der Waals surface area contributed by atoms with Gasteiger partial charge in [0, 0.05) is 25.8 Å². The smallest absolute Gasteiger partial charge is 0.335 e. The lowest BCUT2D eigenvalue weighted by Crippen LogP contribution is -2.27. The SMILES string of the molecule is CN=C/C=C(\C=C\CNCCC1CCCN1)C(=O)O. The van der Waals surface area contributed by atoms with E-state index in [1.807, 2.05) is 6.08 Å². The number of nitrogens with one attached hydrogen (secondary N) is 2. The maximum absolute atomic E-state index is 10.9. The summed E-state index contributed by atoms with van der Waals surface area (Å²) in [6.07, 6.45) is 10.1. The van der Waals surface area contributed by atoms with Gasteiger partial charge in [0.1, 0.15) is 0 Å². The minimum absolute atomic E-state index is 0.241. The van der Waals surface area contributed by atoms with Crippen molar-refractivity contribution in [2.24, 2.45) is 4.99 Å². The van der Waals surface area contributed by atoms with E-state index < -0.39 is 5.97 Å². The summed E-state index contributed by atoms with van der Waals surface area (Å²) < 4.78 is 0. The average Bonchev–Trinajstić information content (AvgIpc) is 2.89. The number of carboxylic acids is 1. The Kier molecular flexibility index (Phi) is 7.77. The first-order valence-electron chi connectivity index (χ1n) is 6.70. The largest absolute Gasteiger partial charge is 0.478 e. The summed E-state index contributed by atoms with van der Waals surface area (Å²) >= 11 is 0. The molecule has 0 aromatic heterocycles. The second kappa shape index (κ2) is 9.47. The molecule has 0 saturated carbocycles. The van der Waals surface area contributed by atoms with Gasteiger partial charge in [0.15, 0.2) is 0 Å². The zero-order chi connectivity index (χ0) is 13.9. The molecule has 0 aromatic carbocycles. The highest BCUT2D eigenvalue weighted by molar-refractivity contribution is 5.94. The molecule has 19 heavy (non-hydrogen) atoms. The Morgan fingerprint density at radius 1 is 1.58 bits per heavy atom. The monoisotopic (exact) mass is 265 g/mol. The normalized spacial score (nSPS) is 20.7. The Morgan fingerprint density at radius 2 is 2.42 bits per heavy atom. The molecule has 0 bridgehead atoms. The molecule has 1 aliphatic rings. The molecule has 1 fully saturated rings. The van der Waals surface area contributed by atoms with E-state index in [9.17, 15) is 4.79 Å². The molecule has 1 rings (SSSR count). The highest BCUT2D eigenvalue weighted by atomic mass is 16.4. The van der Waals surface area contributed by atoms with Crippen molar-refractivity contribution in [2.45, 2.75) is 25.3 Å². The van der Waals surface area contributed by atoms with Crippen LogP contribution in [-0.2, 0) is 4.79 Å². The van der Waals surface area contributed by atoms with Gasteiger partial charge in [-0.25, -0.2) is 4.79 Å². The van der Waals surface area contributed by atoms with Crippen molar-refractivity contribution in [1.29, 1.82) is 0 Å². The molecule has 0 aliphatic carbocycles. The molecule has 0 amide bonds. The van der Waals surface area contributed by atoms with Crippen LogP contribution in [0.4, 0.5) is 0 Å². The molecule has 3 N–H and O–H groups in total. The fraction of sp³-hybridized carbons (Fsp3) is 0.571. The van der Waals surface area contributed by atoms with Crippen LogP contribution in [0.5, 0.6) is 0 Å². The van der Waals surface area contributed by atoms with Crippen molar-refractivity contribution in [2.75, 3.05) is 26.7 Å². The summed E-state index contributed by atoms with van der Waals surface area (Å²) in [4.78, 5) is 14.6. The van der Waals surface area contributed by atoms with Crippen LogP contribution in [0.3, 0.4) is 0 Å². The molecule has 1 heterocycles. The molecular formula is C14H23N3O2. The Labute approximate surface area is 114 Å². The van der Waals surface area contributed by atoms with Gasteiger partial charge < -0.3 is 15.7 Å². The first-order valence-corrected chi connectivity index (χ1v) is 6.70. The van der Waals surface area contributed by atoms with E-state index in [1.54, 1.807) is 13.1 Å². The molecule has 0 aromatic rings. The van der Waals surface area contributed by atoms with Gasteiger partial charge in [-0.05, 0) is 38.4 Å². The maximum atomic E-state index is 10.9. The third-order valence-corrected chi connectivity index (χ3v) is 3.04. The molecule has 1 saturated heterocycles. The van der Waals surface area contributed by atoms with Crippen LogP contribution in [0.1, 0.15) is 19.3 Å².